The van der Waals surface area contributed by atoms with Crippen molar-refractivity contribution in [3.8, 4) is 0 Å². The number of likely N-dealkylation sites (tertiary alicyclic amines) is 1. The van der Waals surface area contributed by atoms with E-state index < -0.39 is 0 Å². The highest BCUT2D eigenvalue weighted by molar-refractivity contribution is 5.16. The van der Waals surface area contributed by atoms with E-state index in [0.29, 0.717) is 6.54 Å². The zero-order valence-corrected chi connectivity index (χ0v) is 10.5. The summed E-state index contributed by atoms with van der Waals surface area (Å²) in [4.78, 5) is 2.47. The molecular formula is C14H21FN2. The molecule has 1 aromatic carbocycles. The first-order chi connectivity index (χ1) is 8.29. The van der Waals surface area contributed by atoms with E-state index in [1.165, 1.54) is 25.6 Å². The zero-order valence-electron chi connectivity index (χ0n) is 10.5. The number of benzene rings is 1. The summed E-state index contributed by atoms with van der Waals surface area (Å²) in [6, 6.07) is 6.98. The highest BCUT2D eigenvalue weighted by Gasteiger charge is 2.20. The van der Waals surface area contributed by atoms with Crippen molar-refractivity contribution in [2.75, 3.05) is 26.2 Å². The molecule has 1 heterocycles. The van der Waals surface area contributed by atoms with Gasteiger partial charge in [0, 0.05) is 18.7 Å². The molecule has 0 saturated carbocycles. The number of rotatable bonds is 5. The Balaban J connectivity index is 1.72. The monoisotopic (exact) mass is 236 g/mol. The van der Waals surface area contributed by atoms with Crippen LogP contribution in [0.2, 0.25) is 0 Å². The van der Waals surface area contributed by atoms with E-state index in [0.717, 1.165) is 24.6 Å². The van der Waals surface area contributed by atoms with E-state index in [4.69, 9.17) is 0 Å². The summed E-state index contributed by atoms with van der Waals surface area (Å²) in [6.45, 7) is 7.36. The second-order valence-electron chi connectivity index (χ2n) is 4.77. The van der Waals surface area contributed by atoms with Gasteiger partial charge in [-0.2, -0.15) is 0 Å². The molecule has 3 heteroatoms. The van der Waals surface area contributed by atoms with Gasteiger partial charge in [-0.1, -0.05) is 25.1 Å². The number of hydrogen-bond acceptors (Lipinski definition) is 2. The minimum atomic E-state index is -0.110. The van der Waals surface area contributed by atoms with Crippen molar-refractivity contribution in [2.24, 2.45) is 5.92 Å². The molecule has 1 saturated heterocycles. The molecule has 1 N–H and O–H groups in total. The van der Waals surface area contributed by atoms with Crippen LogP contribution in [0.3, 0.4) is 0 Å². The van der Waals surface area contributed by atoms with E-state index in [-0.39, 0.29) is 5.82 Å². The first kappa shape index (κ1) is 12.5. The lowest BCUT2D eigenvalue weighted by Crippen LogP contribution is -2.26. The van der Waals surface area contributed by atoms with Gasteiger partial charge in [0.2, 0.25) is 0 Å². The number of hydrogen-bond donors (Lipinski definition) is 1. The molecule has 0 spiro atoms. The Hall–Kier alpha value is -0.930. The van der Waals surface area contributed by atoms with Gasteiger partial charge < -0.3 is 10.2 Å². The van der Waals surface area contributed by atoms with Crippen LogP contribution < -0.4 is 5.32 Å². The zero-order chi connectivity index (χ0) is 12.1. The van der Waals surface area contributed by atoms with Crippen LogP contribution in [-0.2, 0) is 6.54 Å². The molecule has 1 unspecified atom stereocenters. The molecular weight excluding hydrogens is 215 g/mol. The fraction of sp³-hybridized carbons (Fsp3) is 0.571. The third-order valence-electron chi connectivity index (χ3n) is 3.52. The molecule has 1 atom stereocenters. The van der Waals surface area contributed by atoms with E-state index in [9.17, 15) is 4.39 Å². The average molecular weight is 236 g/mol. The van der Waals surface area contributed by atoms with Crippen molar-refractivity contribution in [3.63, 3.8) is 0 Å². The predicted octanol–water partition coefficient (Wildman–Crippen LogP) is 2.26. The molecule has 17 heavy (non-hydrogen) atoms. The summed E-state index contributed by atoms with van der Waals surface area (Å²) in [5.41, 5.74) is 0.762. The van der Waals surface area contributed by atoms with Crippen molar-refractivity contribution in [1.82, 2.24) is 10.2 Å². The van der Waals surface area contributed by atoms with Gasteiger partial charge in [0.25, 0.3) is 0 Å². The van der Waals surface area contributed by atoms with Gasteiger partial charge in [-0.05, 0) is 38.0 Å². The Morgan fingerprint density at radius 2 is 2.24 bits per heavy atom. The average Bonchev–Trinajstić information content (AvgIpc) is 2.80. The van der Waals surface area contributed by atoms with Gasteiger partial charge in [-0.3, -0.25) is 0 Å². The SMILES string of the molecule is CCN1CCC(CNCc2ccccc2F)C1. The number of nitrogens with one attached hydrogen (secondary N) is 1. The smallest absolute Gasteiger partial charge is 0.127 e. The van der Waals surface area contributed by atoms with E-state index in [1.54, 1.807) is 6.07 Å². The maximum Gasteiger partial charge on any atom is 0.127 e. The third-order valence-corrected chi connectivity index (χ3v) is 3.52. The summed E-state index contributed by atoms with van der Waals surface area (Å²) in [7, 11) is 0. The van der Waals surface area contributed by atoms with Crippen LogP contribution in [0.1, 0.15) is 18.9 Å². The van der Waals surface area contributed by atoms with Crippen molar-refractivity contribution < 1.29 is 4.39 Å². The number of halogens is 1. The lowest BCUT2D eigenvalue weighted by atomic mass is 10.1. The van der Waals surface area contributed by atoms with Crippen LogP contribution in [0.25, 0.3) is 0 Å². The molecule has 0 amide bonds. The van der Waals surface area contributed by atoms with Crippen LogP contribution in [-0.4, -0.2) is 31.1 Å². The summed E-state index contributed by atoms with van der Waals surface area (Å²) >= 11 is 0. The van der Waals surface area contributed by atoms with Crippen molar-refractivity contribution in [2.45, 2.75) is 19.9 Å². The Labute approximate surface area is 103 Å². The van der Waals surface area contributed by atoms with Crippen molar-refractivity contribution in [1.29, 1.82) is 0 Å². The fourth-order valence-corrected chi connectivity index (χ4v) is 2.42. The molecule has 1 aromatic rings. The van der Waals surface area contributed by atoms with Gasteiger partial charge in [0.15, 0.2) is 0 Å². The molecule has 94 valence electrons. The molecule has 1 fully saturated rings. The molecule has 0 bridgehead atoms. The second-order valence-corrected chi connectivity index (χ2v) is 4.77. The Bertz CT molecular complexity index is 354. The normalized spacial score (nSPS) is 20.9. The largest absolute Gasteiger partial charge is 0.312 e. The van der Waals surface area contributed by atoms with Crippen LogP contribution in [0.4, 0.5) is 4.39 Å². The lowest BCUT2D eigenvalue weighted by Gasteiger charge is -2.13. The maximum atomic E-state index is 13.4. The van der Waals surface area contributed by atoms with Crippen molar-refractivity contribution >= 4 is 0 Å². The first-order valence-corrected chi connectivity index (χ1v) is 6.46. The Morgan fingerprint density at radius 1 is 1.41 bits per heavy atom. The van der Waals surface area contributed by atoms with Crippen LogP contribution in [0, 0.1) is 11.7 Å². The summed E-state index contributed by atoms with van der Waals surface area (Å²) in [6.07, 6.45) is 1.26. The predicted molar refractivity (Wildman–Crippen MR) is 68.3 cm³/mol. The second kappa shape index (κ2) is 6.12. The van der Waals surface area contributed by atoms with E-state index in [2.05, 4.69) is 17.1 Å². The standard InChI is InChI=1S/C14H21FN2/c1-2-17-8-7-12(11-17)9-16-10-13-5-3-4-6-14(13)15/h3-6,12,16H,2,7-11H2,1H3. The third kappa shape index (κ3) is 3.51. The quantitative estimate of drug-likeness (QED) is 0.843. The van der Waals surface area contributed by atoms with Crippen LogP contribution in [0.15, 0.2) is 24.3 Å². The van der Waals surface area contributed by atoms with Crippen LogP contribution >= 0.6 is 0 Å². The van der Waals surface area contributed by atoms with Gasteiger partial charge in [0.05, 0.1) is 0 Å². The maximum absolute atomic E-state index is 13.4. The van der Waals surface area contributed by atoms with Gasteiger partial charge in [0.1, 0.15) is 5.82 Å². The van der Waals surface area contributed by atoms with E-state index >= 15 is 0 Å². The van der Waals surface area contributed by atoms with Gasteiger partial charge in [-0.25, -0.2) is 4.39 Å². The van der Waals surface area contributed by atoms with E-state index in [1.807, 2.05) is 12.1 Å². The van der Waals surface area contributed by atoms with Crippen LogP contribution in [0.5, 0.6) is 0 Å². The minimum absolute atomic E-state index is 0.110. The van der Waals surface area contributed by atoms with Gasteiger partial charge >= 0.3 is 0 Å². The lowest BCUT2D eigenvalue weighted by molar-refractivity contribution is 0.338. The first-order valence-electron chi connectivity index (χ1n) is 6.46. The molecule has 0 aliphatic carbocycles. The highest BCUT2D eigenvalue weighted by atomic mass is 19.1. The topological polar surface area (TPSA) is 15.3 Å². The molecule has 1 aliphatic heterocycles. The summed E-state index contributed by atoms with van der Waals surface area (Å²) in [5, 5.41) is 3.36. The van der Waals surface area contributed by atoms with Gasteiger partial charge in [-0.15, -0.1) is 0 Å². The minimum Gasteiger partial charge on any atom is -0.312 e. The molecule has 1 aliphatic rings. The summed E-state index contributed by atoms with van der Waals surface area (Å²) < 4.78 is 13.4. The van der Waals surface area contributed by atoms with Crippen molar-refractivity contribution in [3.05, 3.63) is 35.6 Å². The molecule has 0 radical (unpaired) electrons. The summed E-state index contributed by atoms with van der Waals surface area (Å²) in [5.74, 6) is 0.614. The molecule has 2 nitrogen and oxygen atoms in total. The molecule has 2 rings (SSSR count). The highest BCUT2D eigenvalue weighted by Crippen LogP contribution is 2.15. The Kier molecular flexibility index (Phi) is 4.51. The fourth-order valence-electron chi connectivity index (χ4n) is 2.42. The number of nitrogens with zero attached hydrogens (tertiary/aromatic N) is 1. The Morgan fingerprint density at radius 3 is 2.94 bits per heavy atom. The molecule has 0 aromatic heterocycles.